The van der Waals surface area contributed by atoms with Gasteiger partial charge in [0.15, 0.2) is 6.10 Å². The van der Waals surface area contributed by atoms with Gasteiger partial charge in [0.25, 0.3) is 11.8 Å². The molecule has 1 aromatic carbocycles. The van der Waals surface area contributed by atoms with E-state index in [1.54, 1.807) is 6.20 Å². The number of carbonyl (C=O) groups excluding carboxylic acids is 2. The summed E-state index contributed by atoms with van der Waals surface area (Å²) in [5, 5.41) is 7.22. The second kappa shape index (κ2) is 8.80. The van der Waals surface area contributed by atoms with Gasteiger partial charge in [-0.25, -0.2) is 0 Å². The predicted octanol–water partition coefficient (Wildman–Crippen LogP) is 1.90. The van der Waals surface area contributed by atoms with Crippen LogP contribution in [0.3, 0.4) is 0 Å². The highest BCUT2D eigenvalue weighted by Crippen LogP contribution is 2.33. The van der Waals surface area contributed by atoms with Crippen molar-refractivity contribution in [2.45, 2.75) is 31.3 Å². The van der Waals surface area contributed by atoms with Crippen LogP contribution in [0.15, 0.2) is 30.5 Å². The molecule has 1 aromatic heterocycles. The van der Waals surface area contributed by atoms with E-state index in [0.29, 0.717) is 51.6 Å². The van der Waals surface area contributed by atoms with Gasteiger partial charge >= 0.3 is 0 Å². The monoisotopic (exact) mass is 424 g/mol. The summed E-state index contributed by atoms with van der Waals surface area (Å²) in [6.45, 7) is 4.14. The lowest BCUT2D eigenvalue weighted by Crippen LogP contribution is -2.44. The van der Waals surface area contributed by atoms with E-state index in [0.717, 1.165) is 30.5 Å². The highest BCUT2D eigenvalue weighted by molar-refractivity contribution is 5.95. The number of nitrogens with one attached hydrogen (secondary N) is 1. The van der Waals surface area contributed by atoms with Crippen molar-refractivity contribution in [3.05, 3.63) is 52.8 Å². The van der Waals surface area contributed by atoms with Crippen LogP contribution in [-0.2, 0) is 20.7 Å². The van der Waals surface area contributed by atoms with Crippen molar-refractivity contribution in [1.82, 2.24) is 20.0 Å². The van der Waals surface area contributed by atoms with E-state index in [1.165, 1.54) is 5.56 Å². The number of H-pyrrole nitrogens is 1. The summed E-state index contributed by atoms with van der Waals surface area (Å²) in [4.78, 5) is 30.1. The molecule has 0 radical (unpaired) electrons. The minimum atomic E-state index is -0.542. The molecule has 0 unspecified atom stereocenters. The summed E-state index contributed by atoms with van der Waals surface area (Å²) in [6.07, 6.45) is 3.71. The SMILES string of the molecule is O=C(c1cn[nH]c1[C@H]1CCCN(C(=O)[C@H]2OCCc3ccccc32)C1)N1CCOCC1. The van der Waals surface area contributed by atoms with Crippen LogP contribution in [0.5, 0.6) is 0 Å². The first kappa shape index (κ1) is 20.2. The quantitative estimate of drug-likeness (QED) is 0.813. The summed E-state index contributed by atoms with van der Waals surface area (Å²) in [6, 6.07) is 8.03. The van der Waals surface area contributed by atoms with Gasteiger partial charge in [0.1, 0.15) is 0 Å². The van der Waals surface area contributed by atoms with Crippen molar-refractivity contribution in [1.29, 1.82) is 0 Å². The topological polar surface area (TPSA) is 87.8 Å². The van der Waals surface area contributed by atoms with Crippen molar-refractivity contribution in [2.24, 2.45) is 0 Å². The Bertz CT molecular complexity index is 953. The van der Waals surface area contributed by atoms with E-state index in [9.17, 15) is 9.59 Å². The number of nitrogens with zero attached hydrogens (tertiary/aromatic N) is 3. The molecule has 0 aliphatic carbocycles. The van der Waals surface area contributed by atoms with Crippen LogP contribution in [0.25, 0.3) is 0 Å². The molecular weight excluding hydrogens is 396 g/mol. The van der Waals surface area contributed by atoms with E-state index in [1.807, 2.05) is 28.0 Å². The molecule has 0 spiro atoms. The number of aromatic nitrogens is 2. The smallest absolute Gasteiger partial charge is 0.257 e. The summed E-state index contributed by atoms with van der Waals surface area (Å²) in [7, 11) is 0. The number of rotatable bonds is 3. The van der Waals surface area contributed by atoms with E-state index in [4.69, 9.17) is 9.47 Å². The number of piperidine rings is 1. The van der Waals surface area contributed by atoms with Gasteiger partial charge in [-0.2, -0.15) is 5.10 Å². The molecule has 0 bridgehead atoms. The summed E-state index contributed by atoms with van der Waals surface area (Å²) in [5.41, 5.74) is 3.61. The Balaban J connectivity index is 1.32. The normalized spacial score (nSPS) is 24.0. The fourth-order valence-corrected chi connectivity index (χ4v) is 4.89. The van der Waals surface area contributed by atoms with Gasteiger partial charge in [0, 0.05) is 32.1 Å². The maximum absolute atomic E-state index is 13.4. The molecule has 2 atom stereocenters. The van der Waals surface area contributed by atoms with Crippen molar-refractivity contribution < 1.29 is 19.1 Å². The van der Waals surface area contributed by atoms with E-state index in [-0.39, 0.29) is 17.7 Å². The van der Waals surface area contributed by atoms with Crippen LogP contribution < -0.4 is 0 Å². The van der Waals surface area contributed by atoms with Crippen molar-refractivity contribution >= 4 is 11.8 Å². The first-order valence-electron chi connectivity index (χ1n) is 11.1. The van der Waals surface area contributed by atoms with E-state index >= 15 is 0 Å². The van der Waals surface area contributed by atoms with Gasteiger partial charge in [0.05, 0.1) is 37.3 Å². The number of hydrogen-bond acceptors (Lipinski definition) is 5. The summed E-state index contributed by atoms with van der Waals surface area (Å²) < 4.78 is 11.3. The number of morpholine rings is 1. The molecule has 3 aliphatic heterocycles. The fraction of sp³-hybridized carbons (Fsp3) is 0.522. The van der Waals surface area contributed by atoms with E-state index in [2.05, 4.69) is 16.3 Å². The standard InChI is InChI=1S/C23H28N4O4/c28-22(26-9-12-30-13-10-26)19-14-24-25-20(19)17-5-3-8-27(15-17)23(29)21-18-6-2-1-4-16(18)7-11-31-21/h1-2,4,6,14,17,21H,3,5,7-13,15H2,(H,24,25)/t17-,21-/m0/s1. The number of amides is 2. The zero-order chi connectivity index (χ0) is 21.2. The third-order valence-corrected chi connectivity index (χ3v) is 6.56. The van der Waals surface area contributed by atoms with Crippen LogP contribution in [0.1, 0.15) is 52.0 Å². The highest BCUT2D eigenvalue weighted by atomic mass is 16.5. The summed E-state index contributed by atoms with van der Waals surface area (Å²) in [5.74, 6) is 0.0523. The second-order valence-corrected chi connectivity index (χ2v) is 8.42. The molecule has 0 saturated carbocycles. The Kier molecular flexibility index (Phi) is 5.74. The predicted molar refractivity (Wildman–Crippen MR) is 113 cm³/mol. The Morgan fingerprint density at radius 1 is 1.06 bits per heavy atom. The Hall–Kier alpha value is -2.71. The maximum Gasteiger partial charge on any atom is 0.257 e. The van der Waals surface area contributed by atoms with E-state index < -0.39 is 6.10 Å². The molecule has 4 heterocycles. The average Bonchev–Trinajstić information content (AvgIpc) is 3.33. The molecular formula is C23H28N4O4. The maximum atomic E-state index is 13.4. The number of benzene rings is 1. The van der Waals surface area contributed by atoms with Crippen molar-refractivity contribution in [3.63, 3.8) is 0 Å². The van der Waals surface area contributed by atoms with Crippen LogP contribution in [0, 0.1) is 0 Å². The molecule has 2 aromatic rings. The minimum Gasteiger partial charge on any atom is -0.378 e. The molecule has 31 heavy (non-hydrogen) atoms. The van der Waals surface area contributed by atoms with Gasteiger partial charge in [-0.1, -0.05) is 24.3 Å². The number of likely N-dealkylation sites (tertiary alicyclic amines) is 1. The zero-order valence-corrected chi connectivity index (χ0v) is 17.6. The number of carbonyl (C=O) groups is 2. The molecule has 5 rings (SSSR count). The third-order valence-electron chi connectivity index (χ3n) is 6.56. The van der Waals surface area contributed by atoms with Gasteiger partial charge in [-0.3, -0.25) is 14.7 Å². The van der Waals surface area contributed by atoms with Crippen LogP contribution in [-0.4, -0.2) is 77.8 Å². The molecule has 2 amide bonds. The van der Waals surface area contributed by atoms with Gasteiger partial charge in [-0.15, -0.1) is 0 Å². The Labute approximate surface area is 181 Å². The lowest BCUT2D eigenvalue weighted by atomic mass is 9.91. The Morgan fingerprint density at radius 3 is 2.77 bits per heavy atom. The molecule has 8 heteroatoms. The Morgan fingerprint density at radius 2 is 1.90 bits per heavy atom. The average molecular weight is 425 g/mol. The molecule has 2 fully saturated rings. The van der Waals surface area contributed by atoms with Gasteiger partial charge < -0.3 is 19.3 Å². The molecule has 2 saturated heterocycles. The third kappa shape index (κ3) is 3.97. The highest BCUT2D eigenvalue weighted by Gasteiger charge is 2.35. The van der Waals surface area contributed by atoms with Crippen LogP contribution in [0.2, 0.25) is 0 Å². The first-order valence-corrected chi connectivity index (χ1v) is 11.1. The molecule has 3 aliphatic rings. The fourth-order valence-electron chi connectivity index (χ4n) is 4.89. The first-order chi connectivity index (χ1) is 15.2. The molecule has 1 N–H and O–H groups in total. The molecule has 164 valence electrons. The minimum absolute atomic E-state index is 0.0115. The number of hydrogen-bond donors (Lipinski definition) is 1. The zero-order valence-electron chi connectivity index (χ0n) is 17.6. The van der Waals surface area contributed by atoms with Crippen molar-refractivity contribution in [2.75, 3.05) is 46.0 Å². The lowest BCUT2D eigenvalue weighted by Gasteiger charge is -2.36. The number of fused-ring (bicyclic) bond motifs is 1. The van der Waals surface area contributed by atoms with Gasteiger partial charge in [-0.05, 0) is 30.4 Å². The molecule has 8 nitrogen and oxygen atoms in total. The number of aromatic amines is 1. The lowest BCUT2D eigenvalue weighted by molar-refractivity contribution is -0.146. The van der Waals surface area contributed by atoms with Gasteiger partial charge in [0.2, 0.25) is 0 Å². The largest absolute Gasteiger partial charge is 0.378 e. The van der Waals surface area contributed by atoms with Crippen LogP contribution >= 0.6 is 0 Å². The number of ether oxygens (including phenoxy) is 2. The second-order valence-electron chi connectivity index (χ2n) is 8.42. The van der Waals surface area contributed by atoms with Crippen LogP contribution in [0.4, 0.5) is 0 Å². The van der Waals surface area contributed by atoms with Crippen molar-refractivity contribution in [3.8, 4) is 0 Å². The summed E-state index contributed by atoms with van der Waals surface area (Å²) >= 11 is 0.